The Morgan fingerprint density at radius 1 is 1.00 bits per heavy atom. The van der Waals surface area contributed by atoms with Crippen molar-refractivity contribution in [2.24, 2.45) is 21.8 Å². The van der Waals surface area contributed by atoms with E-state index in [2.05, 4.69) is 26.2 Å². The zero-order valence-electron chi connectivity index (χ0n) is 12.0. The summed E-state index contributed by atoms with van der Waals surface area (Å²) in [7, 11) is 0. The molecule has 0 bridgehead atoms. The standard InChI is InChI=1S/C15H15BrN4O3/c16-12-7-11(15(18)20-22)4-5-13(12)23-8-9-2-1-3-10(6-9)14(17)19-21/h1-7,21-22H,8H2,(H2,17,19)(H2,18,20). The minimum atomic E-state index is 0.0173. The van der Waals surface area contributed by atoms with Crippen molar-refractivity contribution >= 4 is 27.6 Å². The molecule has 0 aliphatic heterocycles. The maximum absolute atomic E-state index is 8.70. The van der Waals surface area contributed by atoms with E-state index in [-0.39, 0.29) is 11.7 Å². The molecule has 0 saturated carbocycles. The smallest absolute Gasteiger partial charge is 0.170 e. The van der Waals surface area contributed by atoms with Gasteiger partial charge in [-0.2, -0.15) is 0 Å². The second kappa shape index (κ2) is 7.50. The van der Waals surface area contributed by atoms with Crippen molar-refractivity contribution in [1.29, 1.82) is 0 Å². The van der Waals surface area contributed by atoms with E-state index in [1.807, 2.05) is 6.07 Å². The van der Waals surface area contributed by atoms with Gasteiger partial charge in [0.25, 0.3) is 0 Å². The van der Waals surface area contributed by atoms with Crippen molar-refractivity contribution in [3.05, 3.63) is 63.6 Å². The molecule has 0 unspecified atom stereocenters. The van der Waals surface area contributed by atoms with Crippen molar-refractivity contribution < 1.29 is 15.2 Å². The van der Waals surface area contributed by atoms with E-state index in [9.17, 15) is 0 Å². The topological polar surface area (TPSA) is 126 Å². The van der Waals surface area contributed by atoms with E-state index in [1.165, 1.54) is 0 Å². The number of ether oxygens (including phenoxy) is 1. The van der Waals surface area contributed by atoms with Crippen LogP contribution < -0.4 is 16.2 Å². The first-order valence-corrected chi connectivity index (χ1v) is 7.31. The maximum Gasteiger partial charge on any atom is 0.170 e. The summed E-state index contributed by atoms with van der Waals surface area (Å²) >= 11 is 3.38. The molecule has 6 N–H and O–H groups in total. The van der Waals surface area contributed by atoms with Gasteiger partial charge < -0.3 is 26.6 Å². The molecule has 23 heavy (non-hydrogen) atoms. The van der Waals surface area contributed by atoms with Crippen molar-refractivity contribution in [2.75, 3.05) is 0 Å². The predicted octanol–water partition coefficient (Wildman–Crippen LogP) is 2.22. The Labute approximate surface area is 141 Å². The lowest BCUT2D eigenvalue weighted by Crippen LogP contribution is -2.13. The van der Waals surface area contributed by atoms with Crippen LogP contribution in [0.4, 0.5) is 0 Å². The van der Waals surface area contributed by atoms with Crippen LogP contribution in [-0.4, -0.2) is 22.1 Å². The SMILES string of the molecule is N/C(=N\O)c1cccc(COc2ccc(/C(N)=N/O)cc2Br)c1. The average molecular weight is 379 g/mol. The lowest BCUT2D eigenvalue weighted by molar-refractivity contribution is 0.304. The van der Waals surface area contributed by atoms with Crippen LogP contribution in [0, 0.1) is 0 Å². The Morgan fingerprint density at radius 2 is 1.65 bits per heavy atom. The molecule has 2 rings (SSSR count). The highest BCUT2D eigenvalue weighted by Gasteiger charge is 2.07. The zero-order chi connectivity index (χ0) is 16.8. The largest absolute Gasteiger partial charge is 0.488 e. The Hall–Kier alpha value is -2.74. The summed E-state index contributed by atoms with van der Waals surface area (Å²) in [5, 5.41) is 23.3. The molecule has 2 aromatic rings. The van der Waals surface area contributed by atoms with Gasteiger partial charge in [0.05, 0.1) is 4.47 Å². The monoisotopic (exact) mass is 378 g/mol. The molecular formula is C15H15BrN4O3. The van der Waals surface area contributed by atoms with E-state index in [1.54, 1.807) is 36.4 Å². The first-order valence-electron chi connectivity index (χ1n) is 6.52. The number of nitrogens with two attached hydrogens (primary N) is 2. The van der Waals surface area contributed by atoms with E-state index < -0.39 is 0 Å². The fraction of sp³-hybridized carbons (Fsp3) is 0.0667. The molecule has 0 aromatic heterocycles. The van der Waals surface area contributed by atoms with Gasteiger partial charge in [0.15, 0.2) is 11.7 Å². The normalized spacial score (nSPS) is 12.2. The summed E-state index contributed by atoms with van der Waals surface area (Å²) in [6, 6.07) is 12.3. The molecular weight excluding hydrogens is 364 g/mol. The van der Waals surface area contributed by atoms with Gasteiger partial charge in [-0.3, -0.25) is 0 Å². The van der Waals surface area contributed by atoms with Crippen LogP contribution >= 0.6 is 15.9 Å². The number of oxime groups is 2. The molecule has 0 radical (unpaired) electrons. The molecule has 8 heteroatoms. The van der Waals surface area contributed by atoms with Gasteiger partial charge in [-0.25, -0.2) is 0 Å². The molecule has 0 spiro atoms. The highest BCUT2D eigenvalue weighted by molar-refractivity contribution is 9.10. The van der Waals surface area contributed by atoms with Crippen LogP contribution in [0.5, 0.6) is 5.75 Å². The van der Waals surface area contributed by atoms with Gasteiger partial charge >= 0.3 is 0 Å². The minimum absolute atomic E-state index is 0.0173. The fourth-order valence-corrected chi connectivity index (χ4v) is 2.37. The quantitative estimate of drug-likeness (QED) is 0.274. The van der Waals surface area contributed by atoms with Gasteiger partial charge in [-0.1, -0.05) is 28.5 Å². The molecule has 0 atom stereocenters. The molecule has 0 saturated heterocycles. The van der Waals surface area contributed by atoms with Gasteiger partial charge in [-0.05, 0) is 45.8 Å². The Balaban J connectivity index is 2.12. The van der Waals surface area contributed by atoms with Crippen LogP contribution in [0.2, 0.25) is 0 Å². The van der Waals surface area contributed by atoms with E-state index in [0.29, 0.717) is 28.0 Å². The minimum Gasteiger partial charge on any atom is -0.488 e. The third-order valence-electron chi connectivity index (χ3n) is 3.06. The molecule has 120 valence electrons. The van der Waals surface area contributed by atoms with E-state index in [4.69, 9.17) is 26.6 Å². The lowest BCUT2D eigenvalue weighted by Gasteiger charge is -2.10. The molecule has 0 aliphatic rings. The summed E-state index contributed by atoms with van der Waals surface area (Å²) in [5.41, 5.74) is 13.1. The number of hydrogen-bond donors (Lipinski definition) is 4. The van der Waals surface area contributed by atoms with Crippen LogP contribution in [0.3, 0.4) is 0 Å². The van der Waals surface area contributed by atoms with Crippen LogP contribution in [0.1, 0.15) is 16.7 Å². The number of rotatable bonds is 5. The third kappa shape index (κ3) is 4.13. The van der Waals surface area contributed by atoms with Gasteiger partial charge in [-0.15, -0.1) is 0 Å². The number of benzene rings is 2. The second-order valence-electron chi connectivity index (χ2n) is 4.60. The number of halogens is 1. The fourth-order valence-electron chi connectivity index (χ4n) is 1.87. The van der Waals surface area contributed by atoms with Gasteiger partial charge in [0.1, 0.15) is 12.4 Å². The van der Waals surface area contributed by atoms with Gasteiger partial charge in [0.2, 0.25) is 0 Å². The first kappa shape index (κ1) is 16.6. The molecule has 0 amide bonds. The summed E-state index contributed by atoms with van der Waals surface area (Å²) in [5.74, 6) is 0.661. The Kier molecular flexibility index (Phi) is 5.42. The van der Waals surface area contributed by atoms with Crippen molar-refractivity contribution in [3.8, 4) is 5.75 Å². The summed E-state index contributed by atoms with van der Waals surface area (Å²) in [6.07, 6.45) is 0. The molecule has 0 fully saturated rings. The molecule has 0 heterocycles. The van der Waals surface area contributed by atoms with Crippen molar-refractivity contribution in [2.45, 2.75) is 6.61 Å². The first-order chi connectivity index (χ1) is 11.0. The summed E-state index contributed by atoms with van der Waals surface area (Å²) < 4.78 is 6.40. The third-order valence-corrected chi connectivity index (χ3v) is 3.68. The average Bonchev–Trinajstić information content (AvgIpc) is 2.59. The van der Waals surface area contributed by atoms with Crippen molar-refractivity contribution in [3.63, 3.8) is 0 Å². The number of amidine groups is 2. The van der Waals surface area contributed by atoms with Crippen LogP contribution in [0.25, 0.3) is 0 Å². The highest BCUT2D eigenvalue weighted by Crippen LogP contribution is 2.27. The van der Waals surface area contributed by atoms with E-state index in [0.717, 1.165) is 5.56 Å². The summed E-state index contributed by atoms with van der Waals surface area (Å²) in [4.78, 5) is 0. The zero-order valence-corrected chi connectivity index (χ0v) is 13.6. The summed E-state index contributed by atoms with van der Waals surface area (Å²) in [6.45, 7) is 0.300. The second-order valence-corrected chi connectivity index (χ2v) is 5.46. The molecule has 0 aliphatic carbocycles. The number of nitrogens with zero attached hydrogens (tertiary/aromatic N) is 2. The van der Waals surface area contributed by atoms with Crippen molar-refractivity contribution in [1.82, 2.24) is 0 Å². The van der Waals surface area contributed by atoms with Crippen LogP contribution in [0.15, 0.2) is 57.2 Å². The number of hydrogen-bond acceptors (Lipinski definition) is 5. The van der Waals surface area contributed by atoms with Crippen LogP contribution in [-0.2, 0) is 6.61 Å². The predicted molar refractivity (Wildman–Crippen MR) is 89.9 cm³/mol. The molecule has 7 nitrogen and oxygen atoms in total. The lowest BCUT2D eigenvalue weighted by atomic mass is 10.1. The molecule has 2 aromatic carbocycles. The Morgan fingerprint density at radius 3 is 2.26 bits per heavy atom. The maximum atomic E-state index is 8.70. The van der Waals surface area contributed by atoms with Gasteiger partial charge in [0, 0.05) is 11.1 Å². The highest BCUT2D eigenvalue weighted by atomic mass is 79.9. The van der Waals surface area contributed by atoms with E-state index >= 15 is 0 Å². The Bertz CT molecular complexity index is 762.